The lowest BCUT2D eigenvalue weighted by molar-refractivity contribution is -0.125. The maximum Gasteiger partial charge on any atom is 0.253 e. The molecule has 0 spiro atoms. The highest BCUT2D eigenvalue weighted by atomic mass is 16.5. The highest BCUT2D eigenvalue weighted by molar-refractivity contribution is 6.01. The van der Waals surface area contributed by atoms with Gasteiger partial charge in [-0.3, -0.25) is 20.3 Å². The monoisotopic (exact) mass is 675 g/mol. The number of carbonyl (C=O) groups excluding carboxylic acids is 2. The number of benzene rings is 3. The van der Waals surface area contributed by atoms with E-state index in [-0.39, 0.29) is 17.9 Å². The van der Waals surface area contributed by atoms with E-state index in [0.717, 1.165) is 75.5 Å². The second-order valence-electron chi connectivity index (χ2n) is 12.2. The third kappa shape index (κ3) is 12.0. The fourth-order valence-corrected chi connectivity index (χ4v) is 6.42. The molecule has 7 nitrogen and oxygen atoms in total. The van der Waals surface area contributed by atoms with Crippen molar-refractivity contribution in [1.29, 1.82) is 0 Å². The molecule has 0 saturated heterocycles. The van der Waals surface area contributed by atoms with Gasteiger partial charge in [-0.1, -0.05) is 142 Å². The van der Waals surface area contributed by atoms with Crippen molar-refractivity contribution in [1.82, 2.24) is 10.6 Å². The summed E-state index contributed by atoms with van der Waals surface area (Å²) in [4.78, 5) is 26.8. The van der Waals surface area contributed by atoms with Crippen molar-refractivity contribution in [3.8, 4) is 11.1 Å². The van der Waals surface area contributed by atoms with Crippen LogP contribution in [0.15, 0.2) is 72.8 Å². The van der Waals surface area contributed by atoms with Gasteiger partial charge in [-0.15, -0.1) is 0 Å². The predicted molar refractivity (Wildman–Crippen MR) is 208 cm³/mol. The molecular formula is C42H66N4O3. The van der Waals surface area contributed by atoms with Crippen LogP contribution in [-0.2, 0) is 10.2 Å². The second-order valence-corrected chi connectivity index (χ2v) is 12.2. The fourth-order valence-electron chi connectivity index (χ4n) is 6.42. The molecule has 272 valence electrons. The minimum Gasteiger partial charge on any atom is -0.355 e. The van der Waals surface area contributed by atoms with Crippen molar-refractivity contribution in [2.24, 2.45) is 11.7 Å². The molecule has 0 heterocycles. The van der Waals surface area contributed by atoms with Gasteiger partial charge in [0.2, 0.25) is 5.91 Å². The van der Waals surface area contributed by atoms with Crippen LogP contribution in [0, 0.1) is 5.92 Å². The predicted octanol–water partition coefficient (Wildman–Crippen LogP) is 9.87. The van der Waals surface area contributed by atoms with E-state index in [0.29, 0.717) is 23.7 Å². The van der Waals surface area contributed by atoms with Gasteiger partial charge in [-0.05, 0) is 79.0 Å². The minimum atomic E-state index is -0.651. The standard InChI is InChI=1S/C36H47N3O3.C2H7N.2C2H6/c1-4-6-25-37-35(41)36(31-19-10-7-16-28(31)29-17-8-11-20-32(29)36)24-14-13-15-26(3)22-23-27(5-2)38-34(40)30-18-9-12-21-33(30)39-42;1-2-3;2*1-2/h7-12,16-21,26-27,39,42H,4-6,13-15,22-25H2,1-3H3,(H,37,41)(H,38,40);2-3H2,1H3;2*1-2H3. The molecule has 0 aromatic heterocycles. The molecule has 0 fully saturated rings. The first kappa shape index (κ1) is 43.3. The molecule has 1 aliphatic rings. The maximum atomic E-state index is 14.0. The molecule has 2 unspecified atom stereocenters. The van der Waals surface area contributed by atoms with E-state index in [2.05, 4.69) is 85.4 Å². The molecule has 6 N–H and O–H groups in total. The molecule has 0 aliphatic heterocycles. The molecule has 2 atom stereocenters. The fraction of sp³-hybridized carbons (Fsp3) is 0.524. The van der Waals surface area contributed by atoms with E-state index < -0.39 is 5.41 Å². The van der Waals surface area contributed by atoms with Gasteiger partial charge < -0.3 is 16.4 Å². The van der Waals surface area contributed by atoms with Gasteiger partial charge in [-0.25, -0.2) is 0 Å². The lowest BCUT2D eigenvalue weighted by atomic mass is 9.73. The Morgan fingerprint density at radius 2 is 1.33 bits per heavy atom. The van der Waals surface area contributed by atoms with Crippen LogP contribution < -0.4 is 21.8 Å². The number of fused-ring (bicyclic) bond motifs is 3. The Labute approximate surface area is 297 Å². The number of nitrogens with one attached hydrogen (secondary N) is 3. The van der Waals surface area contributed by atoms with E-state index in [4.69, 9.17) is 5.73 Å². The summed E-state index contributed by atoms with van der Waals surface area (Å²) in [5, 5.41) is 15.8. The third-order valence-electron chi connectivity index (χ3n) is 8.89. The van der Waals surface area contributed by atoms with Crippen LogP contribution in [0.25, 0.3) is 11.1 Å². The molecule has 1 aliphatic carbocycles. The van der Waals surface area contributed by atoms with Gasteiger partial charge in [0, 0.05) is 12.6 Å². The van der Waals surface area contributed by atoms with E-state index in [1.165, 1.54) is 11.1 Å². The molecular weight excluding hydrogens is 608 g/mol. The van der Waals surface area contributed by atoms with Gasteiger partial charge in [0.15, 0.2) is 0 Å². The van der Waals surface area contributed by atoms with Crippen molar-refractivity contribution in [2.45, 2.75) is 125 Å². The number of hydrogen-bond donors (Lipinski definition) is 5. The van der Waals surface area contributed by atoms with E-state index >= 15 is 0 Å². The normalized spacial score (nSPS) is 12.9. The summed E-state index contributed by atoms with van der Waals surface area (Å²) in [6.07, 6.45) is 8.69. The van der Waals surface area contributed by atoms with Crippen LogP contribution in [0.5, 0.6) is 0 Å². The Kier molecular flexibility index (Phi) is 21.6. The van der Waals surface area contributed by atoms with E-state index in [1.807, 2.05) is 34.6 Å². The third-order valence-corrected chi connectivity index (χ3v) is 8.89. The zero-order valence-corrected chi connectivity index (χ0v) is 31.7. The Balaban J connectivity index is 0.00000160. The van der Waals surface area contributed by atoms with Gasteiger partial charge in [0.25, 0.3) is 5.91 Å². The molecule has 3 aromatic carbocycles. The zero-order valence-electron chi connectivity index (χ0n) is 31.7. The molecule has 0 radical (unpaired) electrons. The number of carbonyl (C=O) groups is 2. The minimum absolute atomic E-state index is 0.0771. The van der Waals surface area contributed by atoms with Crippen LogP contribution in [0.2, 0.25) is 0 Å². The highest BCUT2D eigenvalue weighted by Gasteiger charge is 2.48. The summed E-state index contributed by atoms with van der Waals surface area (Å²) in [6, 6.07) is 23.9. The average Bonchev–Trinajstić information content (AvgIpc) is 3.44. The van der Waals surface area contributed by atoms with Gasteiger partial charge in [0.05, 0.1) is 11.3 Å². The van der Waals surface area contributed by atoms with E-state index in [9.17, 15) is 14.8 Å². The molecule has 3 aromatic rings. The van der Waals surface area contributed by atoms with Crippen molar-refractivity contribution in [3.05, 3.63) is 89.5 Å². The van der Waals surface area contributed by atoms with Crippen LogP contribution in [0.4, 0.5) is 5.69 Å². The zero-order chi connectivity index (χ0) is 36.7. The first-order valence-corrected chi connectivity index (χ1v) is 18.8. The van der Waals surface area contributed by atoms with Crippen molar-refractivity contribution in [2.75, 3.05) is 18.6 Å². The average molecular weight is 675 g/mol. The summed E-state index contributed by atoms with van der Waals surface area (Å²) >= 11 is 0. The Morgan fingerprint density at radius 3 is 1.88 bits per heavy atom. The smallest absolute Gasteiger partial charge is 0.253 e. The van der Waals surface area contributed by atoms with Crippen LogP contribution in [0.1, 0.15) is 135 Å². The molecule has 2 amide bonds. The molecule has 0 saturated carbocycles. The summed E-state index contributed by atoms with van der Waals surface area (Å²) < 4.78 is 0. The first-order valence-electron chi connectivity index (χ1n) is 18.8. The number of rotatable bonds is 16. The van der Waals surface area contributed by atoms with Crippen molar-refractivity contribution in [3.63, 3.8) is 0 Å². The number of hydrogen-bond acceptors (Lipinski definition) is 5. The number of nitrogens with two attached hydrogens (primary N) is 1. The maximum absolute atomic E-state index is 14.0. The first-order chi connectivity index (χ1) is 23.9. The number of anilines is 1. The van der Waals surface area contributed by atoms with Gasteiger partial charge >= 0.3 is 0 Å². The van der Waals surface area contributed by atoms with E-state index in [1.54, 1.807) is 24.3 Å². The van der Waals surface area contributed by atoms with Crippen molar-refractivity contribution < 1.29 is 14.8 Å². The summed E-state index contributed by atoms with van der Waals surface area (Å²) in [7, 11) is 0. The largest absolute Gasteiger partial charge is 0.355 e. The van der Waals surface area contributed by atoms with Gasteiger partial charge in [-0.2, -0.15) is 0 Å². The quantitative estimate of drug-likeness (QED) is 0.0766. The van der Waals surface area contributed by atoms with Crippen LogP contribution in [-0.4, -0.2) is 36.2 Å². The molecule has 7 heteroatoms. The molecule has 0 bridgehead atoms. The van der Waals surface area contributed by atoms with Crippen LogP contribution >= 0.6 is 0 Å². The molecule has 4 rings (SSSR count). The van der Waals surface area contributed by atoms with Crippen molar-refractivity contribution >= 4 is 17.5 Å². The summed E-state index contributed by atoms with van der Waals surface area (Å²) in [5.41, 5.74) is 11.8. The lowest BCUT2D eigenvalue weighted by Crippen LogP contribution is -2.44. The highest BCUT2D eigenvalue weighted by Crippen LogP contribution is 2.51. The Morgan fingerprint density at radius 1 is 0.776 bits per heavy atom. The number of para-hydroxylation sites is 1. The topological polar surface area (TPSA) is 116 Å². The second kappa shape index (κ2) is 24.5. The number of amides is 2. The Bertz CT molecular complexity index is 1310. The number of unbranched alkanes of at least 4 members (excludes halogenated alkanes) is 2. The lowest BCUT2D eigenvalue weighted by Gasteiger charge is -2.31. The van der Waals surface area contributed by atoms with Gasteiger partial charge in [0.1, 0.15) is 5.41 Å². The summed E-state index contributed by atoms with van der Waals surface area (Å²) in [6.45, 7) is 17.9. The summed E-state index contributed by atoms with van der Waals surface area (Å²) in [5.74, 6) is 0.465. The Hall–Kier alpha value is -3.68. The van der Waals surface area contributed by atoms with Crippen LogP contribution in [0.3, 0.4) is 0 Å². The molecule has 49 heavy (non-hydrogen) atoms. The SMILES string of the molecule is CC.CC.CCCCNC(=O)C1(CCCCC(C)CCC(CC)NC(=O)c2ccccc2NO)c2ccccc2-c2ccccc21.CCN.